The summed E-state index contributed by atoms with van der Waals surface area (Å²) in [5, 5.41) is 2.51. The zero-order valence-corrected chi connectivity index (χ0v) is 24.4. The molecule has 0 aliphatic heterocycles. The van der Waals surface area contributed by atoms with Crippen molar-refractivity contribution in [3.63, 3.8) is 0 Å². The van der Waals surface area contributed by atoms with Crippen LogP contribution in [0.3, 0.4) is 0 Å². The Morgan fingerprint density at radius 1 is 0.488 bits per heavy atom. The van der Waals surface area contributed by atoms with Crippen LogP contribution in [-0.4, -0.2) is 7.05 Å². The third-order valence-electron chi connectivity index (χ3n) is 8.29. The first-order chi connectivity index (χ1) is 21.2. The molecule has 0 bridgehead atoms. The van der Waals surface area contributed by atoms with Gasteiger partial charge in [0.2, 0.25) is 0 Å². The quantitative estimate of drug-likeness (QED) is 0.194. The molecular formula is C41H34N2. The van der Waals surface area contributed by atoms with Gasteiger partial charge in [0.05, 0.1) is 0 Å². The van der Waals surface area contributed by atoms with Gasteiger partial charge in [-0.2, -0.15) is 0 Å². The Morgan fingerprint density at radius 2 is 1.12 bits per heavy atom. The molecule has 1 aliphatic carbocycles. The number of fused-ring (bicyclic) bond motifs is 1. The minimum absolute atomic E-state index is 1.10. The molecule has 6 aromatic carbocycles. The Bertz CT molecular complexity index is 1910. The molecule has 0 heterocycles. The molecule has 0 fully saturated rings. The first kappa shape index (κ1) is 26.6. The smallest absolute Gasteiger partial charge is 0.0487 e. The Kier molecular flexibility index (Phi) is 7.33. The van der Waals surface area contributed by atoms with Gasteiger partial charge in [0.15, 0.2) is 0 Å². The van der Waals surface area contributed by atoms with E-state index >= 15 is 0 Å². The van der Waals surface area contributed by atoms with Crippen molar-refractivity contribution in [1.29, 1.82) is 0 Å². The monoisotopic (exact) mass is 554 g/mol. The van der Waals surface area contributed by atoms with E-state index < -0.39 is 0 Å². The van der Waals surface area contributed by atoms with E-state index in [1.807, 2.05) is 0 Å². The summed E-state index contributed by atoms with van der Waals surface area (Å²) >= 11 is 0. The van der Waals surface area contributed by atoms with Crippen molar-refractivity contribution in [2.24, 2.45) is 0 Å². The van der Waals surface area contributed by atoms with Gasteiger partial charge in [-0.25, -0.2) is 0 Å². The fraction of sp³-hybridized carbons (Fsp3) is 0.0732. The average Bonchev–Trinajstić information content (AvgIpc) is 3.09. The lowest BCUT2D eigenvalue weighted by molar-refractivity contribution is 1.04. The summed E-state index contributed by atoms with van der Waals surface area (Å²) < 4.78 is 0. The van der Waals surface area contributed by atoms with Crippen molar-refractivity contribution in [2.45, 2.75) is 12.8 Å². The largest absolute Gasteiger partial charge is 0.344 e. The maximum atomic E-state index is 2.34. The summed E-state index contributed by atoms with van der Waals surface area (Å²) in [7, 11) is 2.14. The first-order valence-electron chi connectivity index (χ1n) is 15.0. The zero-order chi connectivity index (χ0) is 29.0. The standard InChI is InChI=1S/C41H34N2/c1-42(41-21-11-15-34-14-8-9-20-40(34)41)36-26-22-32(23-27-36)33-24-28-38(29-25-33)43(37-17-6-3-7-18-37)39-19-10-16-35(30-39)31-12-4-2-5-13-31/h3-4,6-30H,2,5H2,1H3. The predicted octanol–water partition coefficient (Wildman–Crippen LogP) is 11.5. The summed E-state index contributed by atoms with van der Waals surface area (Å²) in [5.74, 6) is 0. The van der Waals surface area contributed by atoms with Crippen LogP contribution in [-0.2, 0) is 0 Å². The molecule has 0 saturated heterocycles. The van der Waals surface area contributed by atoms with Gasteiger partial charge in [-0.1, -0.05) is 109 Å². The molecule has 208 valence electrons. The minimum Gasteiger partial charge on any atom is -0.344 e. The van der Waals surface area contributed by atoms with Gasteiger partial charge in [-0.3, -0.25) is 0 Å². The zero-order valence-electron chi connectivity index (χ0n) is 24.4. The predicted molar refractivity (Wildman–Crippen MR) is 185 cm³/mol. The van der Waals surface area contributed by atoms with Gasteiger partial charge >= 0.3 is 0 Å². The molecule has 0 spiro atoms. The maximum Gasteiger partial charge on any atom is 0.0487 e. The van der Waals surface area contributed by atoms with E-state index in [2.05, 4.69) is 181 Å². The summed E-state index contributed by atoms with van der Waals surface area (Å²) in [6, 6.07) is 52.3. The number of rotatable bonds is 7. The van der Waals surface area contributed by atoms with Gasteiger partial charge in [-0.15, -0.1) is 0 Å². The van der Waals surface area contributed by atoms with Crippen LogP contribution in [0.5, 0.6) is 0 Å². The lowest BCUT2D eigenvalue weighted by atomic mass is 9.99. The number of allylic oxidation sites excluding steroid dienone is 4. The van der Waals surface area contributed by atoms with E-state index in [1.54, 1.807) is 0 Å². The van der Waals surface area contributed by atoms with Gasteiger partial charge in [0, 0.05) is 40.9 Å². The number of para-hydroxylation sites is 1. The third kappa shape index (κ3) is 5.48. The normalized spacial score (nSPS) is 12.6. The molecule has 0 N–H and O–H groups in total. The third-order valence-corrected chi connectivity index (χ3v) is 8.29. The van der Waals surface area contributed by atoms with E-state index in [0.717, 1.165) is 35.6 Å². The summed E-state index contributed by atoms with van der Waals surface area (Å²) in [6.45, 7) is 0. The van der Waals surface area contributed by atoms with E-state index in [0.29, 0.717) is 0 Å². The molecule has 7 rings (SSSR count). The van der Waals surface area contributed by atoms with Crippen LogP contribution >= 0.6 is 0 Å². The van der Waals surface area contributed by atoms with Crippen LogP contribution in [0.4, 0.5) is 28.4 Å². The van der Waals surface area contributed by atoms with Crippen LogP contribution in [0.1, 0.15) is 18.4 Å². The fourth-order valence-corrected chi connectivity index (χ4v) is 6.00. The van der Waals surface area contributed by atoms with Crippen LogP contribution in [0.2, 0.25) is 0 Å². The van der Waals surface area contributed by atoms with E-state index in [1.165, 1.54) is 38.7 Å². The molecule has 2 nitrogen and oxygen atoms in total. The highest BCUT2D eigenvalue weighted by molar-refractivity contribution is 5.96. The molecule has 0 aromatic heterocycles. The Labute approximate surface area is 254 Å². The summed E-state index contributed by atoms with van der Waals surface area (Å²) in [4.78, 5) is 4.60. The SMILES string of the molecule is CN(c1ccc(-c2ccc(N(c3ccccc3)c3cccc(C4=CCCC=C4)c3)cc2)cc1)c1cccc2ccccc12. The Morgan fingerprint density at radius 3 is 1.86 bits per heavy atom. The van der Waals surface area contributed by atoms with Gasteiger partial charge in [0.25, 0.3) is 0 Å². The van der Waals surface area contributed by atoms with Gasteiger partial charge in [0.1, 0.15) is 0 Å². The summed E-state index contributed by atoms with van der Waals surface area (Å²) in [5.41, 5.74) is 10.7. The minimum atomic E-state index is 1.10. The molecule has 0 atom stereocenters. The second kappa shape index (κ2) is 11.9. The summed E-state index contributed by atoms with van der Waals surface area (Å²) in [6.07, 6.45) is 9.07. The molecule has 1 aliphatic rings. The van der Waals surface area contributed by atoms with Crippen molar-refractivity contribution in [3.05, 3.63) is 169 Å². The maximum absolute atomic E-state index is 2.34. The van der Waals surface area contributed by atoms with Crippen LogP contribution in [0.25, 0.3) is 27.5 Å². The van der Waals surface area contributed by atoms with Crippen molar-refractivity contribution in [2.75, 3.05) is 16.8 Å². The molecule has 2 heteroatoms. The number of hydrogen-bond acceptors (Lipinski definition) is 2. The number of benzene rings is 6. The second-order valence-corrected chi connectivity index (χ2v) is 11.0. The highest BCUT2D eigenvalue weighted by Gasteiger charge is 2.14. The highest BCUT2D eigenvalue weighted by atomic mass is 15.1. The number of anilines is 5. The molecule has 43 heavy (non-hydrogen) atoms. The van der Waals surface area contributed by atoms with Crippen molar-refractivity contribution in [3.8, 4) is 11.1 Å². The van der Waals surface area contributed by atoms with Gasteiger partial charge < -0.3 is 9.80 Å². The second-order valence-electron chi connectivity index (χ2n) is 11.0. The van der Waals surface area contributed by atoms with Gasteiger partial charge in [-0.05, 0) is 95.1 Å². The highest BCUT2D eigenvalue weighted by Crippen LogP contribution is 2.38. The van der Waals surface area contributed by atoms with E-state index in [-0.39, 0.29) is 0 Å². The molecule has 0 radical (unpaired) electrons. The van der Waals surface area contributed by atoms with Crippen LogP contribution in [0.15, 0.2) is 164 Å². The molecule has 0 amide bonds. The molecule has 0 saturated carbocycles. The Hall–Kier alpha value is -5.34. The molecule has 6 aromatic rings. The Balaban J connectivity index is 1.18. The van der Waals surface area contributed by atoms with Crippen molar-refractivity contribution in [1.82, 2.24) is 0 Å². The number of hydrogen-bond donors (Lipinski definition) is 0. The fourth-order valence-electron chi connectivity index (χ4n) is 6.00. The first-order valence-corrected chi connectivity index (χ1v) is 15.0. The molecular weight excluding hydrogens is 520 g/mol. The van der Waals surface area contributed by atoms with Crippen molar-refractivity contribution < 1.29 is 0 Å². The van der Waals surface area contributed by atoms with E-state index in [4.69, 9.17) is 0 Å². The topological polar surface area (TPSA) is 6.48 Å². The van der Waals surface area contributed by atoms with E-state index in [9.17, 15) is 0 Å². The average molecular weight is 555 g/mol. The van der Waals surface area contributed by atoms with Crippen LogP contribution < -0.4 is 9.80 Å². The van der Waals surface area contributed by atoms with Crippen LogP contribution in [0, 0.1) is 0 Å². The number of nitrogens with zero attached hydrogens (tertiary/aromatic N) is 2. The lowest BCUT2D eigenvalue weighted by Gasteiger charge is -2.26. The van der Waals surface area contributed by atoms with Crippen molar-refractivity contribution >= 4 is 44.8 Å². The lowest BCUT2D eigenvalue weighted by Crippen LogP contribution is -2.10. The molecule has 0 unspecified atom stereocenters.